The van der Waals surface area contributed by atoms with E-state index in [9.17, 15) is 14.7 Å². The number of ketones is 1. The number of carbonyl (C=O) groups excluding carboxylic acids is 2. The van der Waals surface area contributed by atoms with E-state index in [1.54, 1.807) is 12.1 Å². The fraction of sp³-hybridized carbons (Fsp3) is 0.364. The Hall–Kier alpha value is -2.93. The number of aliphatic hydroxyl groups excluding tert-OH is 1. The highest BCUT2D eigenvalue weighted by Gasteiger charge is 2.47. The van der Waals surface area contributed by atoms with Crippen molar-refractivity contribution in [1.82, 2.24) is 4.90 Å². The average molecular weight is 434 g/mol. The number of furan rings is 1. The maximum Gasteiger partial charge on any atom is 0.295 e. The minimum Gasteiger partial charge on any atom is -0.507 e. The summed E-state index contributed by atoms with van der Waals surface area (Å²) in [6.07, 6.45) is 4.08. The van der Waals surface area contributed by atoms with Crippen LogP contribution in [0.4, 0.5) is 0 Å². The van der Waals surface area contributed by atoms with Crippen LogP contribution in [-0.4, -0.2) is 42.5 Å². The number of unbranched alkanes of at least 4 members (excludes halogenated alkanes) is 2. The maximum absolute atomic E-state index is 12.9. The number of rotatable bonds is 8. The highest BCUT2D eigenvalue weighted by molar-refractivity contribution is 6.46. The highest BCUT2D eigenvalue weighted by atomic mass is 35.5. The lowest BCUT2D eigenvalue weighted by Gasteiger charge is -2.23. The van der Waals surface area contributed by atoms with Crippen molar-refractivity contribution in [3.05, 3.63) is 52.4 Å². The third kappa shape index (κ3) is 3.89. The summed E-state index contributed by atoms with van der Waals surface area (Å²) in [7, 11) is 2.86. The molecule has 1 aliphatic rings. The van der Waals surface area contributed by atoms with Gasteiger partial charge in [-0.2, -0.15) is 0 Å². The summed E-state index contributed by atoms with van der Waals surface area (Å²) in [5.41, 5.74) is 0.135. The quantitative estimate of drug-likeness (QED) is 0.284. The van der Waals surface area contributed by atoms with Gasteiger partial charge in [0.2, 0.25) is 0 Å². The normalized spacial score (nSPS) is 18.1. The second-order valence-electron chi connectivity index (χ2n) is 6.90. The van der Waals surface area contributed by atoms with Gasteiger partial charge in [-0.3, -0.25) is 9.59 Å². The van der Waals surface area contributed by atoms with E-state index in [0.29, 0.717) is 18.1 Å². The van der Waals surface area contributed by atoms with Gasteiger partial charge in [0, 0.05) is 12.6 Å². The van der Waals surface area contributed by atoms with E-state index in [4.69, 9.17) is 25.5 Å². The summed E-state index contributed by atoms with van der Waals surface area (Å²) in [5, 5.41) is 11.4. The second-order valence-corrected chi connectivity index (χ2v) is 7.31. The molecule has 1 saturated heterocycles. The van der Waals surface area contributed by atoms with Crippen LogP contribution < -0.4 is 9.47 Å². The van der Waals surface area contributed by atoms with Crippen LogP contribution in [-0.2, 0) is 9.59 Å². The minimum atomic E-state index is -0.830. The first-order chi connectivity index (χ1) is 14.4. The van der Waals surface area contributed by atoms with E-state index in [1.807, 2.05) is 0 Å². The molecule has 1 unspecified atom stereocenters. The zero-order valence-corrected chi connectivity index (χ0v) is 17.9. The van der Waals surface area contributed by atoms with E-state index < -0.39 is 17.7 Å². The molecule has 3 rings (SSSR count). The number of likely N-dealkylation sites (tertiary alicyclic amines) is 1. The number of halogens is 1. The van der Waals surface area contributed by atoms with Crippen LogP contribution in [0.2, 0.25) is 5.02 Å². The van der Waals surface area contributed by atoms with Gasteiger partial charge in [0.15, 0.2) is 0 Å². The zero-order valence-electron chi connectivity index (χ0n) is 17.1. The molecule has 7 nitrogen and oxygen atoms in total. The van der Waals surface area contributed by atoms with Crippen LogP contribution in [0.25, 0.3) is 5.76 Å². The Morgan fingerprint density at radius 3 is 2.53 bits per heavy atom. The monoisotopic (exact) mass is 433 g/mol. The Bertz CT molecular complexity index is 966. The molecule has 1 N–H and O–H groups in total. The van der Waals surface area contributed by atoms with Crippen molar-refractivity contribution < 1.29 is 28.6 Å². The lowest BCUT2D eigenvalue weighted by molar-refractivity contribution is -0.140. The van der Waals surface area contributed by atoms with Crippen LogP contribution in [0.3, 0.4) is 0 Å². The fourth-order valence-corrected chi connectivity index (χ4v) is 3.81. The Kier molecular flexibility index (Phi) is 6.72. The van der Waals surface area contributed by atoms with Gasteiger partial charge in [-0.15, -0.1) is 0 Å². The molecule has 2 heterocycles. The highest BCUT2D eigenvalue weighted by Crippen LogP contribution is 2.43. The molecule has 0 radical (unpaired) electrons. The number of carbonyl (C=O) groups is 2. The number of amides is 1. The molecule has 0 spiro atoms. The van der Waals surface area contributed by atoms with Gasteiger partial charge in [-0.1, -0.05) is 31.4 Å². The van der Waals surface area contributed by atoms with Crippen molar-refractivity contribution >= 4 is 29.1 Å². The molecule has 1 atom stereocenters. The topological polar surface area (TPSA) is 89.2 Å². The van der Waals surface area contributed by atoms with Gasteiger partial charge >= 0.3 is 0 Å². The first-order valence-corrected chi connectivity index (χ1v) is 10.1. The molecule has 8 heteroatoms. The summed E-state index contributed by atoms with van der Waals surface area (Å²) >= 11 is 6.15. The molecule has 1 fully saturated rings. The maximum atomic E-state index is 12.9. The Balaban J connectivity index is 2.17. The summed E-state index contributed by atoms with van der Waals surface area (Å²) < 4.78 is 16.1. The minimum absolute atomic E-state index is 0.0610. The van der Waals surface area contributed by atoms with Crippen molar-refractivity contribution in [3.63, 3.8) is 0 Å². The smallest absolute Gasteiger partial charge is 0.295 e. The number of Topliss-reactive ketones (excluding diaryl/α,β-unsaturated/α-hetero) is 1. The Morgan fingerprint density at radius 1 is 1.20 bits per heavy atom. The fourth-order valence-electron chi connectivity index (χ4n) is 3.58. The summed E-state index contributed by atoms with van der Waals surface area (Å²) in [4.78, 5) is 27.2. The molecule has 0 aliphatic carbocycles. The van der Waals surface area contributed by atoms with Crippen molar-refractivity contribution in [2.24, 2.45) is 0 Å². The number of aliphatic hydroxyl groups is 1. The molecule has 0 saturated carbocycles. The lowest BCUT2D eigenvalue weighted by atomic mass is 9.98. The molecular formula is C22H24ClNO6. The predicted octanol–water partition coefficient (Wildman–Crippen LogP) is 4.56. The number of hydrogen-bond acceptors (Lipinski definition) is 6. The van der Waals surface area contributed by atoms with Gasteiger partial charge < -0.3 is 23.9 Å². The molecule has 1 aromatic heterocycles. The third-order valence-corrected chi connectivity index (χ3v) is 5.38. The lowest BCUT2D eigenvalue weighted by Crippen LogP contribution is -2.30. The van der Waals surface area contributed by atoms with Gasteiger partial charge in [0.1, 0.15) is 29.1 Å². The molecule has 1 aromatic carbocycles. The van der Waals surface area contributed by atoms with Crippen molar-refractivity contribution in [1.29, 1.82) is 0 Å². The number of nitrogens with zero attached hydrogens (tertiary/aromatic N) is 1. The molecular weight excluding hydrogens is 410 g/mol. The first kappa shape index (κ1) is 21.8. The number of ether oxygens (including phenoxy) is 2. The number of hydrogen-bond donors (Lipinski definition) is 1. The summed E-state index contributed by atoms with van der Waals surface area (Å²) in [6.45, 7) is 2.43. The SMILES string of the molecule is CCCCCN1C(=O)C(=O)/C(=C(/O)c2cc(OC)c(Cl)cc2OC)C1c1ccco1. The van der Waals surface area contributed by atoms with Gasteiger partial charge in [0.25, 0.3) is 11.7 Å². The van der Waals surface area contributed by atoms with E-state index >= 15 is 0 Å². The van der Waals surface area contributed by atoms with Crippen LogP contribution in [0.1, 0.15) is 43.6 Å². The third-order valence-electron chi connectivity index (χ3n) is 5.08. The van der Waals surface area contributed by atoms with Crippen LogP contribution in [0.5, 0.6) is 11.5 Å². The van der Waals surface area contributed by atoms with Crippen molar-refractivity contribution in [2.45, 2.75) is 32.2 Å². The van der Waals surface area contributed by atoms with Crippen LogP contribution >= 0.6 is 11.6 Å². The van der Waals surface area contributed by atoms with Crippen molar-refractivity contribution in [2.75, 3.05) is 20.8 Å². The molecule has 1 amide bonds. The zero-order chi connectivity index (χ0) is 21.8. The molecule has 30 heavy (non-hydrogen) atoms. The standard InChI is InChI=1S/C22H24ClNO6/c1-4-5-6-9-24-19(15-8-7-10-30-15)18(21(26)22(24)27)20(25)13-11-17(29-3)14(23)12-16(13)28-2/h7-8,10-12,19,25H,4-6,9H2,1-3H3/b20-18+. The average Bonchev–Trinajstić information content (AvgIpc) is 3.35. The first-order valence-electron chi connectivity index (χ1n) is 9.68. The molecule has 1 aliphatic heterocycles. The van der Waals surface area contributed by atoms with Crippen molar-refractivity contribution in [3.8, 4) is 11.5 Å². The Labute approximate surface area is 179 Å². The van der Waals surface area contributed by atoms with E-state index in [2.05, 4.69) is 6.92 Å². The van der Waals surface area contributed by atoms with Crippen LogP contribution in [0, 0.1) is 0 Å². The van der Waals surface area contributed by atoms with Gasteiger partial charge in [0.05, 0.1) is 36.6 Å². The van der Waals surface area contributed by atoms with E-state index in [1.165, 1.54) is 37.5 Å². The molecule has 0 bridgehead atoms. The summed E-state index contributed by atoms with van der Waals surface area (Å²) in [5.74, 6) is -0.888. The van der Waals surface area contributed by atoms with Gasteiger partial charge in [-0.05, 0) is 24.6 Å². The largest absolute Gasteiger partial charge is 0.507 e. The second kappa shape index (κ2) is 9.26. The molecule has 2 aromatic rings. The number of methoxy groups -OCH3 is 2. The van der Waals surface area contributed by atoms with Gasteiger partial charge in [-0.25, -0.2) is 0 Å². The predicted molar refractivity (Wildman–Crippen MR) is 112 cm³/mol. The summed E-state index contributed by atoms with van der Waals surface area (Å²) in [6, 6.07) is 5.47. The van der Waals surface area contributed by atoms with E-state index in [-0.39, 0.29) is 27.7 Å². The molecule has 160 valence electrons. The van der Waals surface area contributed by atoms with Crippen LogP contribution in [0.15, 0.2) is 40.5 Å². The Morgan fingerprint density at radius 2 is 1.93 bits per heavy atom. The number of benzene rings is 1. The van der Waals surface area contributed by atoms with E-state index in [0.717, 1.165) is 19.3 Å².